The van der Waals surface area contributed by atoms with Gasteiger partial charge in [0.05, 0.1) is 42.7 Å². The molecule has 1 amide bonds. The van der Waals surface area contributed by atoms with Crippen LogP contribution in [-0.4, -0.2) is 141 Å². The van der Waals surface area contributed by atoms with Gasteiger partial charge in [-0.15, -0.1) is 0 Å². The minimum absolute atomic E-state index is 0.0580. The van der Waals surface area contributed by atoms with E-state index >= 15 is 0 Å². The molecule has 0 aromatic carbocycles. The van der Waals surface area contributed by atoms with E-state index in [9.17, 15) is 19.2 Å². The highest BCUT2D eigenvalue weighted by atomic mass is 16.6. The molecule has 0 N–H and O–H groups in total. The summed E-state index contributed by atoms with van der Waals surface area (Å²) in [6.07, 6.45) is 22.4. The van der Waals surface area contributed by atoms with Crippen molar-refractivity contribution in [3.8, 4) is 0 Å². The monoisotopic (exact) mass is 974 g/mol. The number of hydrogen-bond acceptors (Lipinski definition) is 13. The second-order valence-electron chi connectivity index (χ2n) is 18.8. The maximum Gasteiger partial charge on any atom is 0.331 e. The van der Waals surface area contributed by atoms with Gasteiger partial charge in [-0.3, -0.25) is 9.59 Å². The van der Waals surface area contributed by atoms with Crippen molar-refractivity contribution < 1.29 is 61.8 Å². The van der Waals surface area contributed by atoms with Gasteiger partial charge in [-0.2, -0.15) is 0 Å². The van der Waals surface area contributed by atoms with Crippen LogP contribution in [0.1, 0.15) is 113 Å². The largest absolute Gasteiger partial charge is 0.459 e. The Balaban J connectivity index is 3.35. The number of esters is 2. The summed E-state index contributed by atoms with van der Waals surface area (Å²) in [7, 11) is 13.3. The zero-order valence-electron chi connectivity index (χ0n) is 45.1. The van der Waals surface area contributed by atoms with Crippen molar-refractivity contribution in [3.63, 3.8) is 0 Å². The molecule has 0 spiro atoms. The van der Waals surface area contributed by atoms with Crippen LogP contribution in [0.25, 0.3) is 0 Å². The first kappa shape index (κ1) is 63.3. The van der Waals surface area contributed by atoms with E-state index in [0.717, 1.165) is 24.0 Å². The molecule has 0 fully saturated rings. The van der Waals surface area contributed by atoms with Gasteiger partial charge in [0.15, 0.2) is 0 Å². The molecule has 0 bridgehead atoms. The maximum absolute atomic E-state index is 13.7. The molecule has 0 saturated heterocycles. The molecule has 1 aliphatic heterocycles. The van der Waals surface area contributed by atoms with Crippen LogP contribution in [0.15, 0.2) is 72.0 Å². The fourth-order valence-corrected chi connectivity index (χ4v) is 8.93. The van der Waals surface area contributed by atoms with E-state index in [1.807, 2.05) is 58.9 Å². The van der Waals surface area contributed by atoms with Crippen LogP contribution in [0.4, 0.5) is 0 Å². The molecule has 0 saturated carbocycles. The van der Waals surface area contributed by atoms with E-state index in [1.165, 1.54) is 11.0 Å². The zero-order chi connectivity index (χ0) is 52.1. The Hall–Kier alpha value is -3.76. The molecule has 0 aliphatic carbocycles. The predicted octanol–water partition coefficient (Wildman–Crippen LogP) is 9.37. The Bertz CT molecular complexity index is 1670. The molecule has 1 heterocycles. The predicted molar refractivity (Wildman–Crippen MR) is 271 cm³/mol. The number of methoxy groups -OCH3 is 7. The van der Waals surface area contributed by atoms with Gasteiger partial charge in [-0.25, -0.2) is 9.59 Å². The number of amides is 1. The molecular weight excluding hydrogens is 883 g/mol. The number of rotatable bonds is 37. The third-order valence-electron chi connectivity index (χ3n) is 13.4. The second kappa shape index (κ2) is 35.4. The molecule has 0 radical (unpaired) electrons. The van der Waals surface area contributed by atoms with Crippen LogP contribution in [0.5, 0.6) is 0 Å². The van der Waals surface area contributed by atoms with Crippen molar-refractivity contribution in [3.05, 3.63) is 72.0 Å². The topological polar surface area (TPSA) is 155 Å². The lowest BCUT2D eigenvalue weighted by Gasteiger charge is -2.35. The van der Waals surface area contributed by atoms with Gasteiger partial charge in [0.2, 0.25) is 6.41 Å². The number of allylic oxidation sites excluding steroid dienone is 2. The van der Waals surface area contributed by atoms with Crippen LogP contribution < -0.4 is 0 Å². The quantitative estimate of drug-likeness (QED) is 0.0191. The lowest BCUT2D eigenvalue weighted by Crippen LogP contribution is -2.41. The van der Waals surface area contributed by atoms with Crippen molar-refractivity contribution in [1.82, 2.24) is 4.90 Å². The number of cyclic esters (lactones) is 1. The normalized spacial score (nSPS) is 20.6. The summed E-state index contributed by atoms with van der Waals surface area (Å²) < 4.78 is 52.4. The Morgan fingerprint density at radius 3 is 1.99 bits per heavy atom. The van der Waals surface area contributed by atoms with E-state index in [1.54, 1.807) is 75.2 Å². The third kappa shape index (κ3) is 24.3. The summed E-state index contributed by atoms with van der Waals surface area (Å²) in [5.74, 6) is -1.69. The molecule has 69 heavy (non-hydrogen) atoms. The fraction of sp³-hybridized carbons (Fsp3) is 0.709. The second-order valence-corrected chi connectivity index (χ2v) is 18.8. The van der Waals surface area contributed by atoms with Crippen LogP contribution >= 0.6 is 0 Å². The summed E-state index contributed by atoms with van der Waals surface area (Å²) in [5, 5.41) is 0. The molecule has 14 heteroatoms. The standard InChI is InChI=1S/C55H91NO13/c1-17-45(61-10)34-46(62-11)26-23-38(3)51(66-15)35-47(63-12)27-24-40(5)55(69-52(59)22-18-20-37(2)30-48(64-13)32-44-31-41(6)68-53(60)33-44)43(8)54(67-16)39(4)25-28-49(58)42(7)50(65-14)21-19-29-56(9)36-57/h18-20,22-24,26-27,29,33,36,38-43,45-48,50-51,54-55H,17,21,25,28,30-32,34-35H2,1-16H3/b22-18+,26-23+,27-24+,29-19+,37-20+/t38-,39-,40-,41-,42-,43-,45+,46+,47-,48+,50+,51-,54-,55-/m0/s1. The summed E-state index contributed by atoms with van der Waals surface area (Å²) in [6, 6.07) is 0. The van der Waals surface area contributed by atoms with E-state index in [0.29, 0.717) is 51.4 Å². The summed E-state index contributed by atoms with van der Waals surface area (Å²) in [6.45, 7) is 16.0. The van der Waals surface area contributed by atoms with E-state index < -0.39 is 12.1 Å². The summed E-state index contributed by atoms with van der Waals surface area (Å²) in [5.41, 5.74) is 1.99. The Morgan fingerprint density at radius 2 is 1.43 bits per heavy atom. The number of hydrogen-bond donors (Lipinski definition) is 0. The van der Waals surface area contributed by atoms with Gasteiger partial charge >= 0.3 is 11.9 Å². The van der Waals surface area contributed by atoms with Crippen LogP contribution in [0.2, 0.25) is 0 Å². The van der Waals surface area contributed by atoms with Crippen LogP contribution in [0.3, 0.4) is 0 Å². The lowest BCUT2D eigenvalue weighted by atomic mass is 9.81. The minimum atomic E-state index is -0.613. The molecule has 0 aromatic heterocycles. The van der Waals surface area contributed by atoms with Crippen molar-refractivity contribution in [2.75, 3.05) is 56.8 Å². The van der Waals surface area contributed by atoms with E-state index in [4.69, 9.17) is 42.6 Å². The van der Waals surface area contributed by atoms with Gasteiger partial charge in [-0.1, -0.05) is 95.2 Å². The van der Waals surface area contributed by atoms with Crippen molar-refractivity contribution in [2.24, 2.45) is 29.6 Å². The van der Waals surface area contributed by atoms with Gasteiger partial charge in [0.1, 0.15) is 18.0 Å². The molecule has 14 nitrogen and oxygen atoms in total. The molecule has 14 atom stereocenters. The number of ether oxygens (including phenoxy) is 9. The summed E-state index contributed by atoms with van der Waals surface area (Å²) >= 11 is 0. The van der Waals surface area contributed by atoms with Gasteiger partial charge in [0.25, 0.3) is 0 Å². The average Bonchev–Trinajstić information content (AvgIpc) is 3.33. The fourth-order valence-electron chi connectivity index (χ4n) is 8.93. The van der Waals surface area contributed by atoms with E-state index in [2.05, 4.69) is 32.9 Å². The Morgan fingerprint density at radius 1 is 0.812 bits per heavy atom. The maximum atomic E-state index is 13.7. The Labute approximate surface area is 416 Å². The van der Waals surface area contributed by atoms with Crippen LogP contribution in [0, 0.1) is 29.6 Å². The van der Waals surface area contributed by atoms with Gasteiger partial charge in [0, 0.05) is 125 Å². The molecule has 0 aromatic rings. The van der Waals surface area contributed by atoms with Crippen molar-refractivity contribution >= 4 is 24.1 Å². The van der Waals surface area contributed by atoms with Gasteiger partial charge in [-0.05, 0) is 51.9 Å². The number of nitrogens with zero attached hydrogens (tertiary/aromatic N) is 1. The SMILES string of the molecule is CC[C@H](C[C@@H](/C=C/[C@H](C)[C@H](C[C@H](/C=C/[C@H](C)[C@H](OC(=O)/C=C/C=C(\C)C[C@H](CC1=CC(=O)O[C@@H](C)C1)OC)[C@@H](C)[C@@H](OC)[C@@H](C)CCC(=O)[C@H](C)[C@@H](C/C=C/N(C)C=O)OC)OC)OC)OC)OC. The minimum Gasteiger partial charge on any atom is -0.459 e. The highest BCUT2D eigenvalue weighted by Crippen LogP contribution is 2.31. The first-order chi connectivity index (χ1) is 32.8. The number of ketones is 1. The number of carbonyl (C=O) groups excluding carboxylic acids is 4. The highest BCUT2D eigenvalue weighted by Gasteiger charge is 2.36. The molecular formula is C55H91NO13. The van der Waals surface area contributed by atoms with Crippen molar-refractivity contribution in [2.45, 2.75) is 168 Å². The number of Topliss-reactive ketones (excluding diaryl/α,β-unsaturated/α-hetero) is 1. The molecule has 394 valence electrons. The molecule has 0 unspecified atom stereocenters. The molecule has 1 rings (SSSR count). The lowest BCUT2D eigenvalue weighted by molar-refractivity contribution is -0.152. The van der Waals surface area contributed by atoms with Crippen molar-refractivity contribution in [1.29, 1.82) is 0 Å². The zero-order valence-corrected chi connectivity index (χ0v) is 45.1. The first-order valence-electron chi connectivity index (χ1n) is 24.7. The van der Waals surface area contributed by atoms with E-state index in [-0.39, 0.29) is 90.2 Å². The molecule has 1 aliphatic rings. The summed E-state index contributed by atoms with van der Waals surface area (Å²) in [4.78, 5) is 51.6. The first-order valence-corrected chi connectivity index (χ1v) is 24.7. The third-order valence-corrected chi connectivity index (χ3v) is 13.4. The van der Waals surface area contributed by atoms with Crippen LogP contribution in [-0.2, 0) is 61.8 Å². The average molecular weight is 974 g/mol. The number of carbonyl (C=O) groups is 4. The smallest absolute Gasteiger partial charge is 0.331 e. The van der Waals surface area contributed by atoms with Gasteiger partial charge < -0.3 is 47.5 Å². The Kier molecular flexibility index (Phi) is 32.4. The highest BCUT2D eigenvalue weighted by molar-refractivity contribution is 5.84.